The van der Waals surface area contributed by atoms with Crippen LogP contribution >= 0.6 is 0 Å². The van der Waals surface area contributed by atoms with Crippen LogP contribution in [0.1, 0.15) is 18.1 Å². The Morgan fingerprint density at radius 1 is 1.28 bits per heavy atom. The van der Waals surface area contributed by atoms with Crippen LogP contribution in [0, 0.1) is 17.1 Å². The first-order valence-electron chi connectivity index (χ1n) is 8.27. The molecule has 29 heavy (non-hydrogen) atoms. The van der Waals surface area contributed by atoms with Crippen LogP contribution in [0.5, 0.6) is 0 Å². The number of imidazole rings is 1. The number of alkyl halides is 3. The summed E-state index contributed by atoms with van der Waals surface area (Å²) in [4.78, 5) is 16.5. The maximum Gasteiger partial charge on any atom is 0.417 e. The maximum atomic E-state index is 13.3. The van der Waals surface area contributed by atoms with Crippen molar-refractivity contribution in [2.45, 2.75) is 25.2 Å². The third-order valence-electron chi connectivity index (χ3n) is 4.25. The lowest BCUT2D eigenvalue weighted by molar-refractivity contribution is -0.138. The Labute approximate surface area is 162 Å². The summed E-state index contributed by atoms with van der Waals surface area (Å²) < 4.78 is 53.9. The normalized spacial score (nSPS) is 13.7. The minimum Gasteiger partial charge on any atom is -0.378 e. The number of benzene rings is 2. The average molecular weight is 406 g/mol. The summed E-state index contributed by atoms with van der Waals surface area (Å²) in [6.45, 7) is 0.912. The third-order valence-corrected chi connectivity index (χ3v) is 4.25. The van der Waals surface area contributed by atoms with E-state index in [9.17, 15) is 27.5 Å². The number of hydrogen-bond donors (Lipinski definition) is 2. The summed E-state index contributed by atoms with van der Waals surface area (Å²) in [5.74, 6) is -1.45. The molecule has 10 heteroatoms. The van der Waals surface area contributed by atoms with Crippen LogP contribution in [0.2, 0.25) is 0 Å². The molecule has 1 aromatic heterocycles. The number of nitriles is 1. The molecular weight excluding hydrogens is 392 g/mol. The number of aliphatic hydroxyl groups is 1. The number of anilines is 1. The molecule has 1 unspecified atom stereocenters. The molecule has 150 valence electrons. The molecule has 0 aliphatic carbocycles. The first-order valence-corrected chi connectivity index (χ1v) is 8.27. The van der Waals surface area contributed by atoms with Gasteiger partial charge in [0.05, 0.1) is 41.1 Å². The van der Waals surface area contributed by atoms with Crippen molar-refractivity contribution in [1.82, 2.24) is 9.55 Å². The molecule has 3 aromatic rings. The van der Waals surface area contributed by atoms with Crippen LogP contribution in [0.25, 0.3) is 11.0 Å². The van der Waals surface area contributed by atoms with Gasteiger partial charge in [-0.15, -0.1) is 0 Å². The lowest BCUT2D eigenvalue weighted by Crippen LogP contribution is -2.43. The molecule has 0 radical (unpaired) electrons. The van der Waals surface area contributed by atoms with Gasteiger partial charge in [-0.05, 0) is 37.3 Å². The molecule has 0 fully saturated rings. The first kappa shape index (κ1) is 20.3. The van der Waals surface area contributed by atoms with Crippen LogP contribution in [0.3, 0.4) is 0 Å². The van der Waals surface area contributed by atoms with Gasteiger partial charge in [-0.25, -0.2) is 9.37 Å². The summed E-state index contributed by atoms with van der Waals surface area (Å²) in [6, 6.07) is 7.97. The van der Waals surface area contributed by atoms with E-state index in [1.54, 1.807) is 0 Å². The Hall–Kier alpha value is -3.45. The van der Waals surface area contributed by atoms with Gasteiger partial charge in [0.25, 0.3) is 5.91 Å². The zero-order valence-electron chi connectivity index (χ0n) is 15.0. The Morgan fingerprint density at radius 3 is 2.66 bits per heavy atom. The third kappa shape index (κ3) is 4.20. The minimum atomic E-state index is -4.78. The van der Waals surface area contributed by atoms with E-state index in [1.165, 1.54) is 42.1 Å². The van der Waals surface area contributed by atoms with E-state index in [0.29, 0.717) is 17.1 Å². The Morgan fingerprint density at radius 2 is 2.00 bits per heavy atom. The molecule has 2 N–H and O–H groups in total. The van der Waals surface area contributed by atoms with Gasteiger partial charge >= 0.3 is 6.18 Å². The highest BCUT2D eigenvalue weighted by molar-refractivity contribution is 5.97. The quantitative estimate of drug-likeness (QED) is 0.650. The highest BCUT2D eigenvalue weighted by Gasteiger charge is 2.35. The molecule has 1 heterocycles. The number of nitrogens with one attached hydrogen (secondary N) is 1. The number of amides is 1. The van der Waals surface area contributed by atoms with Gasteiger partial charge in [0, 0.05) is 11.8 Å². The maximum absolute atomic E-state index is 13.3. The Kier molecular flexibility index (Phi) is 5.02. The molecule has 6 nitrogen and oxygen atoms in total. The summed E-state index contributed by atoms with van der Waals surface area (Å²) >= 11 is 0. The smallest absolute Gasteiger partial charge is 0.378 e. The molecular formula is C19H14F4N4O2. The van der Waals surface area contributed by atoms with Crippen LogP contribution in [0.4, 0.5) is 23.2 Å². The molecule has 0 aliphatic heterocycles. The van der Waals surface area contributed by atoms with Gasteiger partial charge in [-0.2, -0.15) is 18.4 Å². The molecule has 0 bridgehead atoms. The van der Waals surface area contributed by atoms with Crippen molar-refractivity contribution in [3.8, 4) is 6.07 Å². The second-order valence-corrected chi connectivity index (χ2v) is 6.60. The Bertz CT molecular complexity index is 1130. The first-order chi connectivity index (χ1) is 13.5. The number of carbonyl (C=O) groups is 1. The SMILES string of the molecule is CC(O)(Cn1cnc2cc(F)ccc21)C(=O)Nc1ccc(C#N)c(C(F)(F)F)c1. The van der Waals surface area contributed by atoms with E-state index in [-0.39, 0.29) is 12.2 Å². The standard InChI is InChI=1S/C19H14F4N4O2/c1-18(29,9-27-10-25-15-6-12(20)3-5-16(15)27)17(28)26-13-4-2-11(8-24)14(7-13)19(21,22)23/h2-7,10,29H,9H2,1H3,(H,26,28). The van der Waals surface area contributed by atoms with Crippen molar-refractivity contribution < 1.29 is 27.5 Å². The van der Waals surface area contributed by atoms with Crippen molar-refractivity contribution >= 4 is 22.6 Å². The fraction of sp³-hybridized carbons (Fsp3) is 0.211. The van der Waals surface area contributed by atoms with Gasteiger partial charge < -0.3 is 15.0 Å². The Balaban J connectivity index is 1.83. The largest absolute Gasteiger partial charge is 0.417 e. The van der Waals surface area contributed by atoms with Crippen molar-refractivity contribution in [2.75, 3.05) is 5.32 Å². The van der Waals surface area contributed by atoms with Gasteiger partial charge in [0.1, 0.15) is 5.82 Å². The number of aromatic nitrogens is 2. The van der Waals surface area contributed by atoms with Gasteiger partial charge in [0.2, 0.25) is 0 Å². The van der Waals surface area contributed by atoms with Gasteiger partial charge in [-0.1, -0.05) is 0 Å². The number of hydrogen-bond acceptors (Lipinski definition) is 4. The van der Waals surface area contributed by atoms with Crippen molar-refractivity contribution in [1.29, 1.82) is 5.26 Å². The van der Waals surface area contributed by atoms with Crippen molar-refractivity contribution in [3.05, 3.63) is 59.7 Å². The fourth-order valence-corrected chi connectivity index (χ4v) is 2.79. The van der Waals surface area contributed by atoms with E-state index in [1.807, 2.05) is 0 Å². The predicted octanol–water partition coefficient (Wildman–Crippen LogP) is 3.46. The highest BCUT2D eigenvalue weighted by atomic mass is 19.4. The van der Waals surface area contributed by atoms with Crippen LogP contribution in [-0.2, 0) is 17.5 Å². The van der Waals surface area contributed by atoms with E-state index in [0.717, 1.165) is 12.1 Å². The summed E-state index contributed by atoms with van der Waals surface area (Å²) in [5.41, 5.74) is -3.23. The van der Waals surface area contributed by atoms with Crippen molar-refractivity contribution in [2.24, 2.45) is 0 Å². The van der Waals surface area contributed by atoms with Crippen LogP contribution in [0.15, 0.2) is 42.7 Å². The molecule has 0 aliphatic rings. The lowest BCUT2D eigenvalue weighted by Gasteiger charge is -2.23. The highest BCUT2D eigenvalue weighted by Crippen LogP contribution is 2.33. The van der Waals surface area contributed by atoms with Crippen LogP contribution in [-0.4, -0.2) is 26.2 Å². The number of carbonyl (C=O) groups excluding carboxylic acids is 1. The molecule has 1 amide bonds. The zero-order chi connectivity index (χ0) is 21.4. The predicted molar refractivity (Wildman–Crippen MR) is 95.1 cm³/mol. The van der Waals surface area contributed by atoms with E-state index in [4.69, 9.17) is 5.26 Å². The summed E-state index contributed by atoms with van der Waals surface area (Å²) in [6.07, 6.45) is -3.46. The fourth-order valence-electron chi connectivity index (χ4n) is 2.79. The molecule has 3 rings (SSSR count). The molecule has 1 atom stereocenters. The van der Waals surface area contributed by atoms with E-state index in [2.05, 4.69) is 10.3 Å². The average Bonchev–Trinajstić information content (AvgIpc) is 3.02. The van der Waals surface area contributed by atoms with Crippen LogP contribution < -0.4 is 5.32 Å². The number of rotatable bonds is 4. The minimum absolute atomic E-state index is 0.223. The number of nitrogens with zero attached hydrogens (tertiary/aromatic N) is 3. The van der Waals surface area contributed by atoms with Crippen molar-refractivity contribution in [3.63, 3.8) is 0 Å². The molecule has 0 saturated heterocycles. The van der Waals surface area contributed by atoms with E-state index < -0.39 is 34.6 Å². The zero-order valence-corrected chi connectivity index (χ0v) is 15.0. The second kappa shape index (κ2) is 7.18. The van der Waals surface area contributed by atoms with Gasteiger partial charge in [0.15, 0.2) is 5.60 Å². The summed E-state index contributed by atoms with van der Waals surface area (Å²) in [5, 5.41) is 21.6. The number of fused-ring (bicyclic) bond motifs is 1. The second-order valence-electron chi connectivity index (χ2n) is 6.60. The topological polar surface area (TPSA) is 90.9 Å². The molecule has 2 aromatic carbocycles. The number of halogens is 4. The van der Waals surface area contributed by atoms with Gasteiger partial charge in [-0.3, -0.25) is 4.79 Å². The molecule has 0 spiro atoms. The lowest BCUT2D eigenvalue weighted by atomic mass is 10.0. The van der Waals surface area contributed by atoms with E-state index >= 15 is 0 Å². The monoisotopic (exact) mass is 406 g/mol. The summed E-state index contributed by atoms with van der Waals surface area (Å²) in [7, 11) is 0. The molecule has 0 saturated carbocycles.